The van der Waals surface area contributed by atoms with Crippen molar-refractivity contribution in [1.82, 2.24) is 9.88 Å². The minimum Gasteiger partial charge on any atom is -0.367 e. The van der Waals surface area contributed by atoms with Gasteiger partial charge in [0.1, 0.15) is 5.82 Å². The first-order chi connectivity index (χ1) is 14.8. The Morgan fingerprint density at radius 2 is 1.68 bits per heavy atom. The predicted molar refractivity (Wildman–Crippen MR) is 116 cm³/mol. The number of anilines is 1. The van der Waals surface area contributed by atoms with Crippen LogP contribution in [0.25, 0.3) is 21.9 Å². The van der Waals surface area contributed by atoms with Gasteiger partial charge in [-0.05, 0) is 80.2 Å². The van der Waals surface area contributed by atoms with Crippen molar-refractivity contribution in [2.24, 2.45) is 0 Å². The summed E-state index contributed by atoms with van der Waals surface area (Å²) in [4.78, 5) is 6.27. The topological polar surface area (TPSA) is 52.0 Å². The van der Waals surface area contributed by atoms with E-state index in [0.717, 1.165) is 31.5 Å². The van der Waals surface area contributed by atoms with E-state index in [4.69, 9.17) is 5.26 Å². The van der Waals surface area contributed by atoms with Crippen molar-refractivity contribution >= 4 is 16.6 Å². The van der Waals surface area contributed by atoms with Crippen LogP contribution in [-0.4, -0.2) is 36.1 Å². The monoisotopic (exact) mass is 424 g/mol. The molecule has 1 saturated heterocycles. The van der Waals surface area contributed by atoms with Gasteiger partial charge in [0.05, 0.1) is 11.6 Å². The number of aryl methyl sites for hydroxylation is 1. The summed E-state index contributed by atoms with van der Waals surface area (Å²) in [7, 11) is 2.04. The minimum atomic E-state index is -4.57. The number of halogens is 3. The third-order valence-electron chi connectivity index (χ3n) is 5.93. The zero-order valence-corrected chi connectivity index (χ0v) is 17.4. The van der Waals surface area contributed by atoms with Gasteiger partial charge in [0, 0.05) is 11.4 Å². The Morgan fingerprint density at radius 1 is 1.03 bits per heavy atom. The molecule has 1 aliphatic heterocycles. The van der Waals surface area contributed by atoms with Crippen molar-refractivity contribution < 1.29 is 13.2 Å². The summed E-state index contributed by atoms with van der Waals surface area (Å²) >= 11 is 0. The maximum Gasteiger partial charge on any atom is 0.434 e. The first-order valence-electron chi connectivity index (χ1n) is 10.2. The highest BCUT2D eigenvalue weighted by atomic mass is 19.4. The van der Waals surface area contributed by atoms with Gasteiger partial charge >= 0.3 is 6.18 Å². The van der Waals surface area contributed by atoms with E-state index in [2.05, 4.69) is 15.2 Å². The molecule has 1 N–H and O–H groups in total. The molecule has 3 aromatic rings. The number of nitriles is 1. The number of fused-ring (bicyclic) bond motifs is 1. The summed E-state index contributed by atoms with van der Waals surface area (Å²) in [5.41, 5.74) is 1.75. The number of likely N-dealkylation sites (tertiary alicyclic amines) is 1. The molecule has 0 spiro atoms. The number of aromatic nitrogens is 1. The third kappa shape index (κ3) is 4.35. The number of hydrogen-bond donors (Lipinski definition) is 1. The predicted octanol–water partition coefficient (Wildman–Crippen LogP) is 5.61. The first-order valence-corrected chi connectivity index (χ1v) is 10.2. The van der Waals surface area contributed by atoms with Crippen LogP contribution in [0.3, 0.4) is 0 Å². The van der Waals surface area contributed by atoms with Crippen LogP contribution in [0, 0.1) is 18.3 Å². The Labute approximate surface area is 179 Å². The number of nitrogens with one attached hydrogen (secondary N) is 1. The molecule has 0 amide bonds. The van der Waals surface area contributed by atoms with Crippen LogP contribution in [0.5, 0.6) is 0 Å². The summed E-state index contributed by atoms with van der Waals surface area (Å²) in [5, 5.41) is 12.8. The summed E-state index contributed by atoms with van der Waals surface area (Å²) in [5.74, 6) is 0.306. The van der Waals surface area contributed by atoms with Gasteiger partial charge in [-0.25, -0.2) is 4.98 Å². The van der Waals surface area contributed by atoms with Gasteiger partial charge in [-0.15, -0.1) is 0 Å². The molecule has 1 fully saturated rings. The molecule has 2 heterocycles. The molecule has 0 aliphatic carbocycles. The maximum atomic E-state index is 14.0. The quantitative estimate of drug-likeness (QED) is 0.594. The Balaban J connectivity index is 1.78. The zero-order valence-electron chi connectivity index (χ0n) is 17.4. The van der Waals surface area contributed by atoms with Gasteiger partial charge in [0.15, 0.2) is 5.69 Å². The van der Waals surface area contributed by atoms with Gasteiger partial charge < -0.3 is 10.2 Å². The Hall–Kier alpha value is -3.11. The van der Waals surface area contributed by atoms with Crippen LogP contribution in [0.4, 0.5) is 19.0 Å². The van der Waals surface area contributed by atoms with E-state index < -0.39 is 11.9 Å². The molecule has 31 heavy (non-hydrogen) atoms. The average molecular weight is 424 g/mol. The van der Waals surface area contributed by atoms with E-state index >= 15 is 0 Å². The zero-order chi connectivity index (χ0) is 22.2. The SMILES string of the molecule is Cc1c(NC2CCN(C)CC2)nc(C(F)(F)F)c2cc(-c3ccc(C#N)cc3)ccc12. The highest BCUT2D eigenvalue weighted by molar-refractivity contribution is 5.94. The van der Waals surface area contributed by atoms with Crippen LogP contribution in [0.15, 0.2) is 42.5 Å². The summed E-state index contributed by atoms with van der Waals surface area (Å²) in [6.07, 6.45) is -2.83. The largest absolute Gasteiger partial charge is 0.434 e. The fourth-order valence-electron chi connectivity index (χ4n) is 4.07. The molecule has 0 saturated carbocycles. The van der Waals surface area contributed by atoms with Crippen LogP contribution < -0.4 is 5.32 Å². The molecule has 4 rings (SSSR count). The Kier molecular flexibility index (Phi) is 5.59. The maximum absolute atomic E-state index is 14.0. The van der Waals surface area contributed by atoms with Crippen molar-refractivity contribution in [3.05, 3.63) is 59.3 Å². The van der Waals surface area contributed by atoms with Crippen LogP contribution in [0.2, 0.25) is 0 Å². The number of alkyl halides is 3. The summed E-state index contributed by atoms with van der Waals surface area (Å²) in [6, 6.07) is 14.0. The van der Waals surface area contributed by atoms with Gasteiger partial charge in [-0.3, -0.25) is 0 Å². The molecule has 1 aliphatic rings. The van der Waals surface area contributed by atoms with E-state index in [9.17, 15) is 13.2 Å². The average Bonchev–Trinajstić information content (AvgIpc) is 2.76. The van der Waals surface area contributed by atoms with Crippen molar-refractivity contribution in [2.45, 2.75) is 32.0 Å². The molecule has 7 heteroatoms. The normalized spacial score (nSPS) is 15.7. The number of piperidine rings is 1. The van der Waals surface area contributed by atoms with Crippen LogP contribution in [-0.2, 0) is 6.18 Å². The number of nitrogens with zero attached hydrogens (tertiary/aromatic N) is 3. The molecular weight excluding hydrogens is 401 g/mol. The lowest BCUT2D eigenvalue weighted by atomic mass is 9.97. The lowest BCUT2D eigenvalue weighted by Crippen LogP contribution is -2.37. The highest BCUT2D eigenvalue weighted by Crippen LogP contribution is 2.39. The van der Waals surface area contributed by atoms with Gasteiger partial charge in [0.2, 0.25) is 0 Å². The van der Waals surface area contributed by atoms with E-state index in [-0.39, 0.29) is 11.4 Å². The molecule has 1 aromatic heterocycles. The second-order valence-corrected chi connectivity index (χ2v) is 8.10. The lowest BCUT2D eigenvalue weighted by molar-refractivity contribution is -0.139. The second-order valence-electron chi connectivity index (χ2n) is 8.10. The third-order valence-corrected chi connectivity index (χ3v) is 5.93. The van der Waals surface area contributed by atoms with Gasteiger partial charge in [0.25, 0.3) is 0 Å². The van der Waals surface area contributed by atoms with E-state index in [1.807, 2.05) is 26.1 Å². The second kappa shape index (κ2) is 8.20. The van der Waals surface area contributed by atoms with Crippen molar-refractivity contribution in [1.29, 1.82) is 5.26 Å². The highest BCUT2D eigenvalue weighted by Gasteiger charge is 2.36. The standard InChI is InChI=1S/C24H23F3N4/c1-15-20-8-7-18(17-5-3-16(14-28)4-6-17)13-21(20)22(24(25,26)27)30-23(15)29-19-9-11-31(2)12-10-19/h3-8,13,19H,9-12H2,1-2H3,(H,29,30). The molecule has 160 valence electrons. The van der Waals surface area contributed by atoms with Crippen molar-refractivity contribution in [2.75, 3.05) is 25.5 Å². The van der Waals surface area contributed by atoms with E-state index in [1.54, 1.807) is 36.4 Å². The fourth-order valence-corrected chi connectivity index (χ4v) is 4.07. The van der Waals surface area contributed by atoms with Crippen LogP contribution in [0.1, 0.15) is 29.7 Å². The van der Waals surface area contributed by atoms with Gasteiger partial charge in [-0.2, -0.15) is 18.4 Å². The number of rotatable bonds is 3. The molecule has 2 aromatic carbocycles. The lowest BCUT2D eigenvalue weighted by Gasteiger charge is -2.30. The molecule has 0 atom stereocenters. The molecule has 0 radical (unpaired) electrons. The van der Waals surface area contributed by atoms with E-state index in [1.165, 1.54) is 0 Å². The van der Waals surface area contributed by atoms with Crippen molar-refractivity contribution in [3.8, 4) is 17.2 Å². The Morgan fingerprint density at radius 3 is 2.29 bits per heavy atom. The first kappa shape index (κ1) is 21.1. The van der Waals surface area contributed by atoms with E-state index in [0.29, 0.717) is 27.9 Å². The molecular formula is C24H23F3N4. The van der Waals surface area contributed by atoms with Crippen molar-refractivity contribution in [3.63, 3.8) is 0 Å². The van der Waals surface area contributed by atoms with Crippen LogP contribution >= 0.6 is 0 Å². The van der Waals surface area contributed by atoms with Gasteiger partial charge in [-0.1, -0.05) is 24.3 Å². The number of hydrogen-bond acceptors (Lipinski definition) is 4. The fraction of sp³-hybridized carbons (Fsp3) is 0.333. The number of benzene rings is 2. The summed E-state index contributed by atoms with van der Waals surface area (Å²) < 4.78 is 41.9. The Bertz CT molecular complexity index is 1140. The number of pyridine rings is 1. The molecule has 0 unspecified atom stereocenters. The molecule has 4 nitrogen and oxygen atoms in total. The molecule has 0 bridgehead atoms. The smallest absolute Gasteiger partial charge is 0.367 e. The minimum absolute atomic E-state index is 0.0841. The summed E-state index contributed by atoms with van der Waals surface area (Å²) in [6.45, 7) is 3.63.